The number of rotatable bonds is 1. The van der Waals surface area contributed by atoms with Crippen molar-refractivity contribution in [3.63, 3.8) is 0 Å². The minimum atomic E-state index is 0. The summed E-state index contributed by atoms with van der Waals surface area (Å²) >= 11 is 0. The van der Waals surface area contributed by atoms with Crippen molar-refractivity contribution >= 4 is 12.4 Å². The summed E-state index contributed by atoms with van der Waals surface area (Å²) in [5, 5.41) is 6.94. The van der Waals surface area contributed by atoms with E-state index in [2.05, 4.69) is 42.7 Å². The lowest BCUT2D eigenvalue weighted by molar-refractivity contribution is 0.430. The second kappa shape index (κ2) is 5.50. The lowest BCUT2D eigenvalue weighted by Gasteiger charge is -2.25. The maximum atomic E-state index is 3.53. The molecule has 1 heterocycles. The first-order valence-electron chi connectivity index (χ1n) is 5.28. The Bertz CT molecular complexity index is 299. The van der Waals surface area contributed by atoms with Gasteiger partial charge < -0.3 is 10.6 Å². The Morgan fingerprint density at radius 2 is 1.73 bits per heavy atom. The van der Waals surface area contributed by atoms with Crippen LogP contribution in [0.15, 0.2) is 18.2 Å². The standard InChI is InChI=1S/C12H18N2.ClH/c1-9-5-10(2)7-11(6-9)12-8-13-3-4-14-12;/h5-7,12-14H,3-4,8H2,1-2H3;1H/t12-;/m0./s1. The zero-order chi connectivity index (χ0) is 9.97. The van der Waals surface area contributed by atoms with Crippen LogP contribution < -0.4 is 10.6 Å². The summed E-state index contributed by atoms with van der Waals surface area (Å²) in [4.78, 5) is 0. The lowest BCUT2D eigenvalue weighted by Crippen LogP contribution is -2.42. The Balaban J connectivity index is 0.00000112. The van der Waals surface area contributed by atoms with Crippen LogP contribution in [0.5, 0.6) is 0 Å². The van der Waals surface area contributed by atoms with Crippen LogP contribution in [0.4, 0.5) is 0 Å². The smallest absolute Gasteiger partial charge is 0.0447 e. The van der Waals surface area contributed by atoms with E-state index in [1.807, 2.05) is 0 Å². The van der Waals surface area contributed by atoms with Gasteiger partial charge in [-0.2, -0.15) is 0 Å². The summed E-state index contributed by atoms with van der Waals surface area (Å²) in [5.74, 6) is 0. The number of aryl methyl sites for hydroxylation is 2. The van der Waals surface area contributed by atoms with Gasteiger partial charge in [-0.1, -0.05) is 29.3 Å². The molecule has 2 nitrogen and oxygen atoms in total. The topological polar surface area (TPSA) is 24.1 Å². The molecule has 1 aromatic rings. The van der Waals surface area contributed by atoms with Gasteiger partial charge in [-0.25, -0.2) is 0 Å². The third-order valence-electron chi connectivity index (χ3n) is 2.69. The van der Waals surface area contributed by atoms with Crippen LogP contribution in [0.1, 0.15) is 22.7 Å². The molecule has 15 heavy (non-hydrogen) atoms. The summed E-state index contributed by atoms with van der Waals surface area (Å²) < 4.78 is 0. The van der Waals surface area contributed by atoms with Crippen LogP contribution in [0.25, 0.3) is 0 Å². The summed E-state index contributed by atoms with van der Waals surface area (Å²) in [5.41, 5.74) is 4.12. The number of halogens is 1. The van der Waals surface area contributed by atoms with Gasteiger partial charge in [-0.05, 0) is 19.4 Å². The van der Waals surface area contributed by atoms with Crippen molar-refractivity contribution in [3.05, 3.63) is 34.9 Å². The number of hydrogen-bond acceptors (Lipinski definition) is 2. The monoisotopic (exact) mass is 226 g/mol. The van der Waals surface area contributed by atoms with Gasteiger partial charge in [-0.15, -0.1) is 12.4 Å². The summed E-state index contributed by atoms with van der Waals surface area (Å²) in [6, 6.07) is 7.26. The first-order valence-corrected chi connectivity index (χ1v) is 5.28. The Morgan fingerprint density at radius 1 is 1.07 bits per heavy atom. The van der Waals surface area contributed by atoms with E-state index in [0.29, 0.717) is 6.04 Å². The second-order valence-electron chi connectivity index (χ2n) is 4.13. The molecule has 0 unspecified atom stereocenters. The van der Waals surface area contributed by atoms with E-state index < -0.39 is 0 Å². The maximum Gasteiger partial charge on any atom is 0.0447 e. The van der Waals surface area contributed by atoms with Gasteiger partial charge in [0, 0.05) is 25.7 Å². The van der Waals surface area contributed by atoms with Crippen LogP contribution in [-0.4, -0.2) is 19.6 Å². The highest BCUT2D eigenvalue weighted by molar-refractivity contribution is 5.85. The molecule has 0 saturated carbocycles. The van der Waals surface area contributed by atoms with Crippen molar-refractivity contribution in [2.45, 2.75) is 19.9 Å². The first-order chi connectivity index (χ1) is 6.75. The largest absolute Gasteiger partial charge is 0.314 e. The zero-order valence-corrected chi connectivity index (χ0v) is 10.2. The van der Waals surface area contributed by atoms with Crippen molar-refractivity contribution in [2.24, 2.45) is 0 Å². The van der Waals surface area contributed by atoms with E-state index in [4.69, 9.17) is 0 Å². The van der Waals surface area contributed by atoms with Gasteiger partial charge in [0.15, 0.2) is 0 Å². The van der Waals surface area contributed by atoms with Crippen molar-refractivity contribution in [1.82, 2.24) is 10.6 Å². The molecule has 0 spiro atoms. The molecule has 1 saturated heterocycles. The Labute approximate surface area is 97.9 Å². The molecule has 1 aliphatic heterocycles. The molecule has 0 aromatic heterocycles. The molecule has 0 bridgehead atoms. The van der Waals surface area contributed by atoms with Crippen molar-refractivity contribution in [3.8, 4) is 0 Å². The van der Waals surface area contributed by atoms with Crippen LogP contribution in [-0.2, 0) is 0 Å². The van der Waals surface area contributed by atoms with Crippen molar-refractivity contribution in [1.29, 1.82) is 0 Å². The van der Waals surface area contributed by atoms with Gasteiger partial charge in [0.05, 0.1) is 0 Å². The SMILES string of the molecule is Cc1cc(C)cc([C@@H]2CNCCN2)c1.Cl. The zero-order valence-electron chi connectivity index (χ0n) is 9.34. The Hall–Kier alpha value is -0.570. The van der Waals surface area contributed by atoms with Gasteiger partial charge in [0.1, 0.15) is 0 Å². The molecular weight excluding hydrogens is 208 g/mol. The van der Waals surface area contributed by atoms with Crippen LogP contribution >= 0.6 is 12.4 Å². The predicted octanol–water partition coefficient (Wildman–Crippen LogP) is 1.96. The van der Waals surface area contributed by atoms with Crippen molar-refractivity contribution in [2.75, 3.05) is 19.6 Å². The highest BCUT2D eigenvalue weighted by Crippen LogP contribution is 2.17. The molecule has 3 heteroatoms. The molecular formula is C12H19ClN2. The third-order valence-corrected chi connectivity index (χ3v) is 2.69. The lowest BCUT2D eigenvalue weighted by atomic mass is 10.0. The van der Waals surface area contributed by atoms with Gasteiger partial charge in [0.25, 0.3) is 0 Å². The number of benzene rings is 1. The molecule has 84 valence electrons. The molecule has 0 amide bonds. The van der Waals surface area contributed by atoms with Gasteiger partial charge in [0.2, 0.25) is 0 Å². The van der Waals surface area contributed by atoms with E-state index in [9.17, 15) is 0 Å². The maximum absolute atomic E-state index is 3.53. The second-order valence-corrected chi connectivity index (χ2v) is 4.13. The Morgan fingerprint density at radius 3 is 2.27 bits per heavy atom. The molecule has 0 aliphatic carbocycles. The number of piperazine rings is 1. The van der Waals surface area contributed by atoms with Crippen LogP contribution in [0, 0.1) is 13.8 Å². The van der Waals surface area contributed by atoms with E-state index in [1.165, 1.54) is 16.7 Å². The average Bonchev–Trinajstić information content (AvgIpc) is 2.18. The fourth-order valence-electron chi connectivity index (χ4n) is 2.10. The fourth-order valence-corrected chi connectivity index (χ4v) is 2.10. The summed E-state index contributed by atoms with van der Waals surface area (Å²) in [6.45, 7) is 7.52. The van der Waals surface area contributed by atoms with E-state index in [-0.39, 0.29) is 12.4 Å². The summed E-state index contributed by atoms with van der Waals surface area (Å²) in [6.07, 6.45) is 0. The number of hydrogen-bond donors (Lipinski definition) is 2. The molecule has 1 atom stereocenters. The molecule has 0 radical (unpaired) electrons. The average molecular weight is 227 g/mol. The van der Waals surface area contributed by atoms with Gasteiger partial charge >= 0.3 is 0 Å². The van der Waals surface area contributed by atoms with E-state index in [0.717, 1.165) is 19.6 Å². The highest BCUT2D eigenvalue weighted by atomic mass is 35.5. The molecule has 1 aromatic carbocycles. The quantitative estimate of drug-likeness (QED) is 0.765. The van der Waals surface area contributed by atoms with Crippen LogP contribution in [0.3, 0.4) is 0 Å². The van der Waals surface area contributed by atoms with Crippen molar-refractivity contribution < 1.29 is 0 Å². The predicted molar refractivity (Wildman–Crippen MR) is 66.8 cm³/mol. The minimum absolute atomic E-state index is 0. The molecule has 1 aliphatic rings. The molecule has 1 fully saturated rings. The minimum Gasteiger partial charge on any atom is -0.314 e. The first kappa shape index (κ1) is 12.5. The Kier molecular flexibility index (Phi) is 4.58. The van der Waals surface area contributed by atoms with Gasteiger partial charge in [-0.3, -0.25) is 0 Å². The highest BCUT2D eigenvalue weighted by Gasteiger charge is 2.14. The number of nitrogens with one attached hydrogen (secondary N) is 2. The molecule has 2 N–H and O–H groups in total. The molecule has 2 rings (SSSR count). The van der Waals surface area contributed by atoms with E-state index >= 15 is 0 Å². The fraction of sp³-hybridized carbons (Fsp3) is 0.500. The third kappa shape index (κ3) is 3.20. The van der Waals surface area contributed by atoms with Crippen LogP contribution in [0.2, 0.25) is 0 Å². The summed E-state index contributed by atoms with van der Waals surface area (Å²) in [7, 11) is 0. The van der Waals surface area contributed by atoms with E-state index in [1.54, 1.807) is 0 Å². The normalized spacial score (nSPS) is 20.8.